The highest BCUT2D eigenvalue weighted by molar-refractivity contribution is 5.92. The molecule has 0 aromatic heterocycles. The van der Waals surface area contributed by atoms with Gasteiger partial charge in [-0.2, -0.15) is 0 Å². The van der Waals surface area contributed by atoms with E-state index in [9.17, 15) is 28.7 Å². The van der Waals surface area contributed by atoms with Crippen LogP contribution in [0.15, 0.2) is 35.9 Å². The van der Waals surface area contributed by atoms with E-state index < -0.39 is 29.4 Å². The molecule has 2 N–H and O–H groups in total. The summed E-state index contributed by atoms with van der Waals surface area (Å²) in [5.74, 6) is -0.557. The monoisotopic (exact) mass is 553 g/mol. The Bertz CT molecular complexity index is 1230. The number of aliphatic hydroxyl groups is 1. The zero-order valence-corrected chi connectivity index (χ0v) is 23.5. The molecule has 1 aromatic rings. The van der Waals surface area contributed by atoms with Gasteiger partial charge in [0.05, 0.1) is 6.42 Å². The molecule has 40 heavy (non-hydrogen) atoms. The van der Waals surface area contributed by atoms with Gasteiger partial charge in [0.2, 0.25) is 11.7 Å². The molecule has 0 heterocycles. The molecule has 3 fully saturated rings. The first-order valence-corrected chi connectivity index (χ1v) is 14.6. The van der Waals surface area contributed by atoms with Crippen LogP contribution in [-0.2, 0) is 30.5 Å². The van der Waals surface area contributed by atoms with E-state index in [-0.39, 0.29) is 48.2 Å². The molecule has 0 aliphatic heterocycles. The van der Waals surface area contributed by atoms with Crippen molar-refractivity contribution in [3.05, 3.63) is 47.3 Å². The number of fused-ring (bicyclic) bond motifs is 5. The number of hydrogen-bond donors (Lipinski definition) is 2. The fourth-order valence-corrected chi connectivity index (χ4v) is 8.48. The molecule has 1 amide bonds. The molecule has 6 unspecified atom stereocenters. The minimum Gasteiger partial charge on any atom is -0.458 e. The van der Waals surface area contributed by atoms with Gasteiger partial charge in [0, 0.05) is 24.8 Å². The van der Waals surface area contributed by atoms with Gasteiger partial charge in [0.15, 0.2) is 12.4 Å². The maximum absolute atomic E-state index is 13.4. The number of hydrogen-bond acceptors (Lipinski definition) is 6. The van der Waals surface area contributed by atoms with Crippen LogP contribution >= 0.6 is 0 Å². The summed E-state index contributed by atoms with van der Waals surface area (Å²) < 4.78 is 18.2. The van der Waals surface area contributed by atoms with E-state index in [2.05, 4.69) is 12.2 Å². The molecule has 0 spiro atoms. The summed E-state index contributed by atoms with van der Waals surface area (Å²) in [6.07, 6.45) is 7.70. The van der Waals surface area contributed by atoms with Crippen LogP contribution in [0, 0.1) is 34.4 Å². The van der Waals surface area contributed by atoms with Crippen LogP contribution in [0.3, 0.4) is 0 Å². The normalized spacial score (nSPS) is 34.6. The smallest absolute Gasteiger partial charge is 0.306 e. The summed E-state index contributed by atoms with van der Waals surface area (Å²) in [5, 5.41) is 14.5. The minimum atomic E-state index is -1.55. The van der Waals surface area contributed by atoms with Crippen LogP contribution in [-0.4, -0.2) is 40.8 Å². The van der Waals surface area contributed by atoms with Crippen molar-refractivity contribution in [1.29, 1.82) is 0 Å². The van der Waals surface area contributed by atoms with Gasteiger partial charge in [-0.05, 0) is 91.9 Å². The van der Waals surface area contributed by atoms with Gasteiger partial charge in [-0.1, -0.05) is 31.6 Å². The lowest BCUT2D eigenvalue weighted by Gasteiger charge is -2.58. The molecule has 1 aromatic carbocycles. The Morgan fingerprint density at radius 1 is 1.00 bits per heavy atom. The van der Waals surface area contributed by atoms with Crippen molar-refractivity contribution in [3.63, 3.8) is 0 Å². The standard InChI is InChI=1S/C32H40FNO6/c1-30-14-11-23(35)17-21(30)5-8-24-25(30)12-15-31(2)26(24)13-16-32(31,39)27(36)19-40-29(38)10-9-28(37)34-18-20-3-6-22(33)7-4-20/h3-4,6-7,17,24-26,39H,5,8-16,18-19H2,1-2H3,(H,34,37). The highest BCUT2D eigenvalue weighted by atomic mass is 19.1. The summed E-state index contributed by atoms with van der Waals surface area (Å²) in [5.41, 5.74) is -0.0887. The molecule has 8 heteroatoms. The third-order valence-electron chi connectivity index (χ3n) is 10.9. The van der Waals surface area contributed by atoms with Gasteiger partial charge in [-0.15, -0.1) is 0 Å². The maximum atomic E-state index is 13.4. The topological polar surface area (TPSA) is 110 Å². The summed E-state index contributed by atoms with van der Waals surface area (Å²) in [6.45, 7) is 4.05. The van der Waals surface area contributed by atoms with Gasteiger partial charge in [0.1, 0.15) is 11.4 Å². The zero-order chi connectivity index (χ0) is 28.7. The highest BCUT2D eigenvalue weighted by Gasteiger charge is 2.66. The molecular formula is C32H40FNO6. The first-order chi connectivity index (χ1) is 19.0. The van der Waals surface area contributed by atoms with Crippen LogP contribution in [0.5, 0.6) is 0 Å². The number of benzene rings is 1. The first-order valence-electron chi connectivity index (χ1n) is 14.6. The average molecular weight is 554 g/mol. The second kappa shape index (κ2) is 10.8. The lowest BCUT2D eigenvalue weighted by molar-refractivity contribution is -0.170. The first kappa shape index (κ1) is 28.7. The Hall–Kier alpha value is -2.87. The van der Waals surface area contributed by atoms with Crippen molar-refractivity contribution in [1.82, 2.24) is 5.32 Å². The number of amides is 1. The van der Waals surface area contributed by atoms with Gasteiger partial charge in [-0.3, -0.25) is 19.2 Å². The van der Waals surface area contributed by atoms with E-state index in [1.165, 1.54) is 17.7 Å². The Morgan fingerprint density at radius 3 is 2.48 bits per heavy atom. The molecule has 0 bridgehead atoms. The van der Waals surface area contributed by atoms with Crippen molar-refractivity contribution in [2.75, 3.05) is 6.61 Å². The summed E-state index contributed by atoms with van der Waals surface area (Å²) in [4.78, 5) is 49.9. The van der Waals surface area contributed by atoms with Crippen molar-refractivity contribution in [3.8, 4) is 0 Å². The van der Waals surface area contributed by atoms with E-state index in [4.69, 9.17) is 4.74 Å². The summed E-state index contributed by atoms with van der Waals surface area (Å²) in [6, 6.07) is 5.76. The van der Waals surface area contributed by atoms with Crippen molar-refractivity contribution < 1.29 is 33.4 Å². The third kappa shape index (κ3) is 5.04. The van der Waals surface area contributed by atoms with Crippen LogP contribution in [0.2, 0.25) is 0 Å². The SMILES string of the molecule is CC12CCC(=O)C=C1CCC1C2CCC2(C)C1CCC2(O)C(=O)COC(=O)CCC(=O)NCc1ccc(F)cc1. The van der Waals surface area contributed by atoms with Crippen molar-refractivity contribution in [2.45, 2.75) is 90.2 Å². The van der Waals surface area contributed by atoms with Crippen molar-refractivity contribution in [2.24, 2.45) is 28.6 Å². The number of allylic oxidation sites excluding steroid dienone is 1. The summed E-state index contributed by atoms with van der Waals surface area (Å²) in [7, 11) is 0. The second-order valence-electron chi connectivity index (χ2n) is 12.8. The van der Waals surface area contributed by atoms with Crippen LogP contribution in [0.1, 0.15) is 83.6 Å². The Labute approximate surface area is 234 Å². The number of esters is 1. The Balaban J connectivity index is 1.14. The molecule has 7 nitrogen and oxygen atoms in total. The number of ketones is 2. The second-order valence-corrected chi connectivity index (χ2v) is 12.8. The molecule has 0 saturated heterocycles. The highest BCUT2D eigenvalue weighted by Crippen LogP contribution is 2.67. The average Bonchev–Trinajstić information content (AvgIpc) is 3.22. The number of carbonyl (C=O) groups excluding carboxylic acids is 4. The maximum Gasteiger partial charge on any atom is 0.306 e. The molecule has 5 rings (SSSR count). The molecule has 0 radical (unpaired) electrons. The van der Waals surface area contributed by atoms with E-state index >= 15 is 0 Å². The predicted octanol–water partition coefficient (Wildman–Crippen LogP) is 4.60. The van der Waals surface area contributed by atoms with Crippen LogP contribution in [0.4, 0.5) is 4.39 Å². The predicted molar refractivity (Wildman–Crippen MR) is 145 cm³/mol. The fraction of sp³-hybridized carbons (Fsp3) is 0.625. The number of halogens is 1. The quantitative estimate of drug-likeness (QED) is 0.456. The number of ether oxygens (including phenoxy) is 1. The largest absolute Gasteiger partial charge is 0.458 e. The van der Waals surface area contributed by atoms with Gasteiger partial charge >= 0.3 is 5.97 Å². The molecule has 216 valence electrons. The van der Waals surface area contributed by atoms with E-state index in [1.807, 2.05) is 13.0 Å². The van der Waals surface area contributed by atoms with Crippen LogP contribution in [0.25, 0.3) is 0 Å². The van der Waals surface area contributed by atoms with Gasteiger partial charge < -0.3 is 15.2 Å². The van der Waals surface area contributed by atoms with E-state index in [0.29, 0.717) is 24.7 Å². The van der Waals surface area contributed by atoms with Crippen LogP contribution < -0.4 is 5.32 Å². The van der Waals surface area contributed by atoms with E-state index in [0.717, 1.165) is 44.1 Å². The molecule has 4 aliphatic carbocycles. The minimum absolute atomic E-state index is 0.0176. The zero-order valence-electron chi connectivity index (χ0n) is 23.5. The molecule has 3 saturated carbocycles. The van der Waals surface area contributed by atoms with Crippen molar-refractivity contribution >= 4 is 23.4 Å². The fourth-order valence-electron chi connectivity index (χ4n) is 8.48. The third-order valence-corrected chi connectivity index (χ3v) is 10.9. The number of nitrogens with one attached hydrogen (secondary N) is 1. The molecular weight excluding hydrogens is 513 g/mol. The number of rotatable bonds is 8. The van der Waals surface area contributed by atoms with Gasteiger partial charge in [0.25, 0.3) is 0 Å². The lowest BCUT2D eigenvalue weighted by Crippen LogP contribution is -2.58. The molecule has 4 aliphatic rings. The molecule has 6 atom stereocenters. The Morgan fingerprint density at radius 2 is 1.73 bits per heavy atom. The van der Waals surface area contributed by atoms with Gasteiger partial charge in [-0.25, -0.2) is 4.39 Å². The number of carbonyl (C=O) groups is 4. The Kier molecular flexibility index (Phi) is 7.77. The lowest BCUT2D eigenvalue weighted by atomic mass is 9.46. The summed E-state index contributed by atoms with van der Waals surface area (Å²) >= 11 is 0. The number of Topliss-reactive ketones (excluding diaryl/α,β-unsaturated/α-hetero) is 1. The van der Waals surface area contributed by atoms with E-state index in [1.54, 1.807) is 12.1 Å².